The molecule has 0 bridgehead atoms. The van der Waals surface area contributed by atoms with Crippen molar-refractivity contribution in [1.82, 2.24) is 9.78 Å². The number of carbonyl (C=O) groups excluding carboxylic acids is 2. The number of halogens is 1. The maximum absolute atomic E-state index is 13.7. The molecule has 3 aromatic carbocycles. The molecule has 0 atom stereocenters. The highest BCUT2D eigenvalue weighted by Gasteiger charge is 2.25. The van der Waals surface area contributed by atoms with Crippen LogP contribution in [0.25, 0.3) is 28.1 Å². The van der Waals surface area contributed by atoms with Crippen LogP contribution in [-0.2, 0) is 14.3 Å². The van der Waals surface area contributed by atoms with Crippen LogP contribution in [0.4, 0.5) is 10.1 Å². The van der Waals surface area contributed by atoms with Gasteiger partial charge in [-0.05, 0) is 60.2 Å². The molecule has 0 radical (unpaired) electrons. The van der Waals surface area contributed by atoms with Crippen LogP contribution in [0.3, 0.4) is 0 Å². The van der Waals surface area contributed by atoms with Crippen molar-refractivity contribution in [1.29, 1.82) is 0 Å². The molecule has 38 heavy (non-hydrogen) atoms. The number of ether oxygens (including phenoxy) is 4. The van der Waals surface area contributed by atoms with Gasteiger partial charge in [-0.2, -0.15) is 9.78 Å². The van der Waals surface area contributed by atoms with Gasteiger partial charge in [0.25, 0.3) is 0 Å². The van der Waals surface area contributed by atoms with Gasteiger partial charge in [-0.15, -0.1) is 0 Å². The number of benzene rings is 3. The second-order valence-electron chi connectivity index (χ2n) is 8.14. The molecule has 4 aromatic rings. The van der Waals surface area contributed by atoms with Crippen LogP contribution >= 0.6 is 0 Å². The first-order valence-corrected chi connectivity index (χ1v) is 11.5. The maximum Gasteiger partial charge on any atom is 0.309 e. The van der Waals surface area contributed by atoms with E-state index < -0.39 is 11.8 Å². The first-order valence-electron chi connectivity index (χ1n) is 11.5. The molecule has 1 heterocycles. The summed E-state index contributed by atoms with van der Waals surface area (Å²) in [5.74, 6) is -0.107. The van der Waals surface area contributed by atoms with Gasteiger partial charge in [-0.3, -0.25) is 9.59 Å². The Labute approximate surface area is 218 Å². The van der Waals surface area contributed by atoms with Crippen molar-refractivity contribution in [3.8, 4) is 45.5 Å². The quantitative estimate of drug-likeness (QED) is 0.315. The lowest BCUT2D eigenvalue weighted by molar-refractivity contribution is -0.132. The predicted octanol–water partition coefficient (Wildman–Crippen LogP) is 4.87. The second kappa shape index (κ2) is 11.6. The van der Waals surface area contributed by atoms with Gasteiger partial charge < -0.3 is 24.3 Å². The van der Waals surface area contributed by atoms with Crippen molar-refractivity contribution in [2.75, 3.05) is 33.3 Å². The third-order valence-electron chi connectivity index (χ3n) is 5.54. The van der Waals surface area contributed by atoms with Crippen LogP contribution in [0.5, 0.6) is 17.4 Å². The van der Waals surface area contributed by atoms with E-state index >= 15 is 0 Å². The Hall–Kier alpha value is -4.70. The van der Waals surface area contributed by atoms with Crippen LogP contribution < -0.4 is 19.5 Å². The summed E-state index contributed by atoms with van der Waals surface area (Å²) in [6.07, 6.45) is 0. The lowest BCUT2D eigenvalue weighted by Gasteiger charge is -2.11. The van der Waals surface area contributed by atoms with E-state index in [-0.39, 0.29) is 18.4 Å². The third-order valence-corrected chi connectivity index (χ3v) is 5.54. The van der Waals surface area contributed by atoms with Crippen LogP contribution in [-0.4, -0.2) is 49.6 Å². The summed E-state index contributed by atoms with van der Waals surface area (Å²) in [5, 5.41) is 7.51. The minimum Gasteiger partial charge on any atom is -0.493 e. The van der Waals surface area contributed by atoms with Crippen LogP contribution in [0.1, 0.15) is 6.92 Å². The molecular formula is C28H26FN3O6. The Balaban J connectivity index is 1.93. The van der Waals surface area contributed by atoms with E-state index in [1.54, 1.807) is 42.5 Å². The number of hydrogen-bond acceptors (Lipinski definition) is 7. The molecule has 1 amide bonds. The number of amides is 1. The molecule has 10 heteroatoms. The summed E-state index contributed by atoms with van der Waals surface area (Å²) in [7, 11) is 4.51. The largest absolute Gasteiger partial charge is 0.493 e. The number of hydrogen-bond donors (Lipinski definition) is 1. The summed E-state index contributed by atoms with van der Waals surface area (Å²) in [5.41, 5.74) is 3.34. The Morgan fingerprint density at radius 2 is 1.55 bits per heavy atom. The Morgan fingerprint density at radius 3 is 2.16 bits per heavy atom. The molecule has 196 valence electrons. The first kappa shape index (κ1) is 26.4. The van der Waals surface area contributed by atoms with Gasteiger partial charge in [-0.25, -0.2) is 4.39 Å². The normalized spacial score (nSPS) is 10.7. The highest BCUT2D eigenvalue weighted by molar-refractivity contribution is 5.93. The number of nitrogens with one attached hydrogen (secondary N) is 1. The van der Waals surface area contributed by atoms with E-state index in [4.69, 9.17) is 24.0 Å². The van der Waals surface area contributed by atoms with Crippen molar-refractivity contribution in [3.05, 3.63) is 72.5 Å². The summed E-state index contributed by atoms with van der Waals surface area (Å²) in [4.78, 5) is 24.1. The first-order chi connectivity index (χ1) is 18.3. The van der Waals surface area contributed by atoms with Crippen molar-refractivity contribution < 1.29 is 32.9 Å². The predicted molar refractivity (Wildman–Crippen MR) is 139 cm³/mol. The highest BCUT2D eigenvalue weighted by atomic mass is 19.1. The van der Waals surface area contributed by atoms with Crippen LogP contribution in [0, 0.1) is 5.82 Å². The number of rotatable bonds is 9. The summed E-state index contributed by atoms with van der Waals surface area (Å²) in [6.45, 7) is 1.21. The van der Waals surface area contributed by atoms with E-state index in [9.17, 15) is 14.0 Å². The maximum atomic E-state index is 13.7. The van der Waals surface area contributed by atoms with Crippen molar-refractivity contribution >= 4 is 17.6 Å². The SMILES string of the molecule is COCC(=O)Nc1ccc(-c2c(-c3ccc(OC)c(OC)c3)nn(-c3ccc(F)cc3)c2OC(C)=O)cc1. The minimum absolute atomic E-state index is 0.0771. The fraction of sp³-hybridized carbons (Fsp3) is 0.179. The zero-order valence-electron chi connectivity index (χ0n) is 21.3. The summed E-state index contributed by atoms with van der Waals surface area (Å²) >= 11 is 0. The zero-order valence-corrected chi connectivity index (χ0v) is 21.3. The average Bonchev–Trinajstić information content (AvgIpc) is 3.27. The van der Waals surface area contributed by atoms with Crippen LogP contribution in [0.2, 0.25) is 0 Å². The molecule has 9 nitrogen and oxygen atoms in total. The smallest absolute Gasteiger partial charge is 0.309 e. The van der Waals surface area contributed by atoms with E-state index in [0.29, 0.717) is 45.3 Å². The molecule has 0 saturated heterocycles. The van der Waals surface area contributed by atoms with E-state index in [2.05, 4.69) is 5.32 Å². The molecule has 0 aliphatic carbocycles. The van der Waals surface area contributed by atoms with Gasteiger partial charge >= 0.3 is 5.97 Å². The van der Waals surface area contributed by atoms with Gasteiger partial charge in [0.1, 0.15) is 18.1 Å². The molecule has 0 saturated carbocycles. The number of anilines is 1. The van der Waals surface area contributed by atoms with Gasteiger partial charge in [0.05, 0.1) is 25.5 Å². The van der Waals surface area contributed by atoms with Crippen LogP contribution in [0.15, 0.2) is 66.7 Å². The zero-order chi connectivity index (χ0) is 27.2. The summed E-state index contributed by atoms with van der Waals surface area (Å²) < 4.78 is 36.5. The summed E-state index contributed by atoms with van der Waals surface area (Å²) in [6, 6.07) is 17.9. The number of nitrogens with zero attached hydrogens (tertiary/aromatic N) is 2. The van der Waals surface area contributed by atoms with Gasteiger partial charge in [0.15, 0.2) is 11.5 Å². The van der Waals surface area contributed by atoms with Crippen molar-refractivity contribution in [2.24, 2.45) is 0 Å². The van der Waals surface area contributed by atoms with E-state index in [1.165, 1.54) is 57.2 Å². The third kappa shape index (κ3) is 5.65. The molecule has 1 N–H and O–H groups in total. The topological polar surface area (TPSA) is 101 Å². The molecule has 4 rings (SSSR count). The number of aromatic nitrogens is 2. The average molecular weight is 520 g/mol. The van der Waals surface area contributed by atoms with Gasteiger partial charge in [0, 0.05) is 25.3 Å². The van der Waals surface area contributed by atoms with Gasteiger partial charge in [0.2, 0.25) is 11.8 Å². The lowest BCUT2D eigenvalue weighted by Crippen LogP contribution is -2.16. The van der Waals surface area contributed by atoms with Crippen molar-refractivity contribution in [2.45, 2.75) is 6.92 Å². The molecule has 0 fully saturated rings. The molecular weight excluding hydrogens is 493 g/mol. The Morgan fingerprint density at radius 1 is 0.895 bits per heavy atom. The minimum atomic E-state index is -0.558. The highest BCUT2D eigenvalue weighted by Crippen LogP contribution is 2.43. The fourth-order valence-corrected chi connectivity index (χ4v) is 3.88. The lowest BCUT2D eigenvalue weighted by atomic mass is 10.0. The molecule has 0 spiro atoms. The Kier molecular flexibility index (Phi) is 8.03. The standard InChI is InChI=1S/C28H26FN3O6/c1-17(33)38-28-26(18-5-10-21(11-6-18)30-25(34)16-35-2)27(19-7-14-23(36-3)24(15-19)37-4)31-32(28)22-12-8-20(29)9-13-22/h5-15H,16H2,1-4H3,(H,30,34). The number of carbonyl (C=O) groups is 2. The van der Waals surface area contributed by atoms with Crippen molar-refractivity contribution in [3.63, 3.8) is 0 Å². The molecule has 0 aliphatic heterocycles. The fourth-order valence-electron chi connectivity index (χ4n) is 3.88. The monoisotopic (exact) mass is 519 g/mol. The Bertz CT molecular complexity index is 1450. The second-order valence-corrected chi connectivity index (χ2v) is 8.14. The van der Waals surface area contributed by atoms with E-state index in [1.807, 2.05) is 0 Å². The van der Waals surface area contributed by atoms with E-state index in [0.717, 1.165) is 0 Å². The van der Waals surface area contributed by atoms with Gasteiger partial charge in [-0.1, -0.05) is 12.1 Å². The molecule has 0 unspecified atom stereocenters. The molecule has 1 aromatic heterocycles. The number of methoxy groups -OCH3 is 3. The number of esters is 1. The molecule has 0 aliphatic rings.